The van der Waals surface area contributed by atoms with Crippen LogP contribution in [-0.4, -0.2) is 73.5 Å². The second kappa shape index (κ2) is 11.2. The summed E-state index contributed by atoms with van der Waals surface area (Å²) in [5, 5.41) is 2.97. The van der Waals surface area contributed by atoms with Gasteiger partial charge in [-0.25, -0.2) is 0 Å². The maximum absolute atomic E-state index is 13.3. The van der Waals surface area contributed by atoms with Crippen molar-refractivity contribution in [1.29, 1.82) is 0 Å². The molecule has 2 aliphatic rings. The molecule has 3 atom stereocenters. The molecule has 2 heterocycles. The molecule has 2 aliphatic heterocycles. The normalized spacial score (nSPS) is 22.9. The lowest BCUT2D eigenvalue weighted by Crippen LogP contribution is -2.49. The summed E-state index contributed by atoms with van der Waals surface area (Å²) in [4.78, 5) is 41.2. The number of nitrogens with zero attached hydrogens (tertiary/aromatic N) is 1. The molecule has 0 saturated carbocycles. The third-order valence-electron chi connectivity index (χ3n) is 6.11. The number of ether oxygens (including phenoxy) is 2. The summed E-state index contributed by atoms with van der Waals surface area (Å²) >= 11 is 0. The van der Waals surface area contributed by atoms with E-state index in [1.165, 1.54) is 0 Å². The van der Waals surface area contributed by atoms with Crippen LogP contribution in [-0.2, 0) is 30.3 Å². The van der Waals surface area contributed by atoms with Gasteiger partial charge in [-0.3, -0.25) is 19.3 Å². The molecule has 1 aromatic rings. The highest BCUT2D eigenvalue weighted by Gasteiger charge is 2.50. The van der Waals surface area contributed by atoms with Gasteiger partial charge in [0.1, 0.15) is 11.4 Å². The molecule has 3 rings (SSSR count). The molecule has 7 nitrogen and oxygen atoms in total. The van der Waals surface area contributed by atoms with E-state index in [1.54, 1.807) is 6.92 Å². The van der Waals surface area contributed by atoms with Crippen LogP contribution in [0.1, 0.15) is 39.2 Å². The predicted octanol–water partition coefficient (Wildman–Crippen LogP) is 2.03. The van der Waals surface area contributed by atoms with Gasteiger partial charge in [-0.2, -0.15) is 0 Å². The van der Waals surface area contributed by atoms with Gasteiger partial charge in [-0.05, 0) is 31.2 Å². The van der Waals surface area contributed by atoms with Gasteiger partial charge >= 0.3 is 0 Å². The number of amides is 1. The molecule has 2 fully saturated rings. The molecule has 0 radical (unpaired) electrons. The predicted molar refractivity (Wildman–Crippen MR) is 121 cm³/mol. The minimum Gasteiger partial charge on any atom is -0.379 e. The average molecular weight is 445 g/mol. The first-order valence-corrected chi connectivity index (χ1v) is 11.6. The third-order valence-corrected chi connectivity index (χ3v) is 6.11. The molecular formula is C25H36N2O5. The lowest BCUT2D eigenvalue weighted by Gasteiger charge is -2.27. The number of Topliss-reactive ketones (excluding diaryl/α,β-unsaturated/α-hetero) is 2. The van der Waals surface area contributed by atoms with Crippen molar-refractivity contribution in [2.24, 2.45) is 11.8 Å². The average Bonchev–Trinajstić information content (AvgIpc) is 3.52. The molecule has 32 heavy (non-hydrogen) atoms. The Morgan fingerprint density at radius 2 is 1.78 bits per heavy atom. The number of ketones is 2. The van der Waals surface area contributed by atoms with Crippen molar-refractivity contribution in [2.75, 3.05) is 39.5 Å². The summed E-state index contributed by atoms with van der Waals surface area (Å²) in [6.45, 7) is 9.23. The molecule has 1 N–H and O–H groups in total. The van der Waals surface area contributed by atoms with Gasteiger partial charge in [-0.15, -0.1) is 0 Å². The van der Waals surface area contributed by atoms with Crippen molar-refractivity contribution in [1.82, 2.24) is 10.2 Å². The lowest BCUT2D eigenvalue weighted by atomic mass is 9.90. The maximum atomic E-state index is 13.3. The van der Waals surface area contributed by atoms with Crippen LogP contribution in [0.25, 0.3) is 0 Å². The Kier molecular flexibility index (Phi) is 8.57. The zero-order valence-electron chi connectivity index (χ0n) is 19.5. The molecule has 0 aromatic heterocycles. The molecule has 0 bridgehead atoms. The van der Waals surface area contributed by atoms with E-state index in [9.17, 15) is 14.4 Å². The summed E-state index contributed by atoms with van der Waals surface area (Å²) in [6.07, 6.45) is 1.15. The van der Waals surface area contributed by atoms with Gasteiger partial charge < -0.3 is 14.8 Å². The van der Waals surface area contributed by atoms with Gasteiger partial charge in [0.2, 0.25) is 5.91 Å². The Balaban J connectivity index is 1.69. The van der Waals surface area contributed by atoms with Crippen LogP contribution < -0.4 is 5.32 Å². The molecule has 2 saturated heterocycles. The van der Waals surface area contributed by atoms with Gasteiger partial charge in [0.25, 0.3) is 0 Å². The van der Waals surface area contributed by atoms with Crippen molar-refractivity contribution >= 4 is 17.5 Å². The van der Waals surface area contributed by atoms with Gasteiger partial charge in [0.05, 0.1) is 32.4 Å². The summed E-state index contributed by atoms with van der Waals surface area (Å²) < 4.78 is 10.7. The fraction of sp³-hybridized carbons (Fsp3) is 0.640. The van der Waals surface area contributed by atoms with Crippen LogP contribution in [0.2, 0.25) is 0 Å². The van der Waals surface area contributed by atoms with Crippen molar-refractivity contribution in [3.05, 3.63) is 35.9 Å². The quantitative estimate of drug-likeness (QED) is 0.497. The minimum atomic E-state index is -0.798. The fourth-order valence-corrected chi connectivity index (χ4v) is 4.12. The summed E-state index contributed by atoms with van der Waals surface area (Å²) in [7, 11) is 0. The standard InChI is InChI=1S/C25H36N2O5/c1-18(2)13-22(23(29)25(3)17-32-25)26-24(30)20(14-19-7-5-4-6-8-19)15-21(28)16-27-9-11-31-12-10-27/h4-8,18,20,22H,9-17H2,1-3H3,(H,26,30)/t20-,22+,25-/m1/s1. The maximum Gasteiger partial charge on any atom is 0.224 e. The molecule has 0 unspecified atom stereocenters. The molecular weight excluding hydrogens is 408 g/mol. The van der Waals surface area contributed by atoms with Crippen molar-refractivity contribution in [2.45, 2.75) is 51.7 Å². The minimum absolute atomic E-state index is 0.0344. The van der Waals surface area contributed by atoms with E-state index in [1.807, 2.05) is 44.2 Å². The van der Waals surface area contributed by atoms with Crippen molar-refractivity contribution in [3.63, 3.8) is 0 Å². The third kappa shape index (κ3) is 7.22. The van der Waals surface area contributed by atoms with Crippen LogP contribution in [0.4, 0.5) is 0 Å². The van der Waals surface area contributed by atoms with E-state index < -0.39 is 17.6 Å². The van der Waals surface area contributed by atoms with E-state index >= 15 is 0 Å². The van der Waals surface area contributed by atoms with Crippen molar-refractivity contribution in [3.8, 4) is 0 Å². The number of nitrogens with one attached hydrogen (secondary N) is 1. The molecule has 176 valence electrons. The molecule has 1 aromatic carbocycles. The number of morpholine rings is 1. The van der Waals surface area contributed by atoms with E-state index in [0.29, 0.717) is 39.2 Å². The number of carbonyl (C=O) groups excluding carboxylic acids is 3. The van der Waals surface area contributed by atoms with Gasteiger partial charge in [0.15, 0.2) is 5.78 Å². The number of hydrogen-bond donors (Lipinski definition) is 1. The molecule has 0 spiro atoms. The first kappa shape index (κ1) is 24.6. The van der Waals surface area contributed by atoms with Crippen molar-refractivity contribution < 1.29 is 23.9 Å². The Morgan fingerprint density at radius 1 is 1.12 bits per heavy atom. The monoisotopic (exact) mass is 444 g/mol. The van der Waals surface area contributed by atoms with E-state index in [2.05, 4.69) is 10.2 Å². The van der Waals surface area contributed by atoms with Crippen LogP contribution >= 0.6 is 0 Å². The second-order valence-corrected chi connectivity index (χ2v) is 9.59. The van der Waals surface area contributed by atoms with Crippen LogP contribution in [0.15, 0.2) is 30.3 Å². The first-order chi connectivity index (χ1) is 15.3. The Morgan fingerprint density at radius 3 is 2.38 bits per heavy atom. The van der Waals surface area contributed by atoms with E-state index in [-0.39, 0.29) is 29.8 Å². The van der Waals surface area contributed by atoms with E-state index in [4.69, 9.17) is 9.47 Å². The highest BCUT2D eigenvalue weighted by atomic mass is 16.6. The zero-order chi connectivity index (χ0) is 23.1. The highest BCUT2D eigenvalue weighted by Crippen LogP contribution is 2.30. The van der Waals surface area contributed by atoms with Crippen LogP contribution in [0.3, 0.4) is 0 Å². The van der Waals surface area contributed by atoms with E-state index in [0.717, 1.165) is 18.7 Å². The number of benzene rings is 1. The zero-order valence-corrected chi connectivity index (χ0v) is 19.5. The largest absolute Gasteiger partial charge is 0.379 e. The van der Waals surface area contributed by atoms with Crippen LogP contribution in [0, 0.1) is 11.8 Å². The molecule has 7 heteroatoms. The SMILES string of the molecule is CC(C)C[C@H](NC(=O)[C@@H](CC(=O)CN1CCOCC1)Cc1ccccc1)C(=O)[C@@]1(C)CO1. The Hall–Kier alpha value is -2.09. The number of epoxide rings is 1. The fourth-order valence-electron chi connectivity index (χ4n) is 4.12. The first-order valence-electron chi connectivity index (χ1n) is 11.6. The van der Waals surface area contributed by atoms with Gasteiger partial charge in [0, 0.05) is 25.4 Å². The number of hydrogen-bond acceptors (Lipinski definition) is 6. The molecule has 1 amide bonds. The smallest absolute Gasteiger partial charge is 0.224 e. The lowest BCUT2D eigenvalue weighted by molar-refractivity contribution is -0.134. The number of rotatable bonds is 12. The topological polar surface area (TPSA) is 88.2 Å². The Labute approximate surface area is 190 Å². The number of carbonyl (C=O) groups is 3. The van der Waals surface area contributed by atoms with Gasteiger partial charge in [-0.1, -0.05) is 44.2 Å². The Bertz CT molecular complexity index is 785. The summed E-state index contributed by atoms with van der Waals surface area (Å²) in [5.74, 6) is -0.583. The summed E-state index contributed by atoms with van der Waals surface area (Å²) in [6, 6.07) is 9.09. The molecule has 0 aliphatic carbocycles. The highest BCUT2D eigenvalue weighted by molar-refractivity contribution is 5.97. The summed E-state index contributed by atoms with van der Waals surface area (Å²) in [5.41, 5.74) is 0.199. The second-order valence-electron chi connectivity index (χ2n) is 9.59. The van der Waals surface area contributed by atoms with Crippen LogP contribution in [0.5, 0.6) is 0 Å².